The quantitative estimate of drug-likeness (QED) is 0.607. The van der Waals surface area contributed by atoms with Crippen molar-refractivity contribution in [3.63, 3.8) is 0 Å². The number of carbonyl (C=O) groups excluding carboxylic acids is 2. The summed E-state index contributed by atoms with van der Waals surface area (Å²) in [5, 5.41) is 6.34. The Kier molecular flexibility index (Phi) is 3.14. The Labute approximate surface area is 89.3 Å². The topological polar surface area (TPSA) is 49.7 Å². The summed E-state index contributed by atoms with van der Waals surface area (Å²) in [6.07, 6.45) is 4.65. The summed E-state index contributed by atoms with van der Waals surface area (Å²) < 4.78 is 0. The van der Waals surface area contributed by atoms with Crippen LogP contribution in [-0.4, -0.2) is 35.4 Å². The van der Waals surface area contributed by atoms with Crippen LogP contribution in [0.5, 0.6) is 0 Å². The van der Waals surface area contributed by atoms with Gasteiger partial charge in [0.05, 0.1) is 6.42 Å². The van der Waals surface area contributed by atoms with Crippen LogP contribution in [0, 0.1) is 0 Å². The van der Waals surface area contributed by atoms with Crippen molar-refractivity contribution in [3.8, 4) is 0 Å². The molecule has 0 N–H and O–H groups in total. The van der Waals surface area contributed by atoms with Crippen LogP contribution in [0.15, 0.2) is 5.10 Å². The molecule has 0 radical (unpaired) electrons. The van der Waals surface area contributed by atoms with Gasteiger partial charge in [0, 0.05) is 25.9 Å². The molecule has 1 aliphatic heterocycles. The molecule has 0 atom stereocenters. The van der Waals surface area contributed by atoms with Gasteiger partial charge in [-0.15, -0.1) is 0 Å². The van der Waals surface area contributed by atoms with Crippen LogP contribution in [0.2, 0.25) is 0 Å². The third-order valence-corrected chi connectivity index (χ3v) is 2.91. The van der Waals surface area contributed by atoms with Crippen LogP contribution in [0.25, 0.3) is 0 Å². The normalized spacial score (nSPS) is 26.1. The second kappa shape index (κ2) is 4.55. The maximum atomic E-state index is 11.5. The Morgan fingerprint density at radius 3 is 2.40 bits per heavy atom. The number of piperidine rings is 1. The highest BCUT2D eigenvalue weighted by molar-refractivity contribution is 6.44. The molecule has 0 aromatic rings. The average molecular weight is 208 g/mol. The number of Topliss-reactive ketones (excluding diaryl/α,β-unsaturated/α-hetero) is 2. The van der Waals surface area contributed by atoms with E-state index in [1.165, 1.54) is 6.42 Å². The first kappa shape index (κ1) is 10.3. The van der Waals surface area contributed by atoms with E-state index in [0.717, 1.165) is 25.9 Å². The summed E-state index contributed by atoms with van der Waals surface area (Å²) in [7, 11) is 0. The van der Waals surface area contributed by atoms with Crippen LogP contribution in [0.4, 0.5) is 0 Å². The van der Waals surface area contributed by atoms with E-state index in [-0.39, 0.29) is 18.0 Å². The van der Waals surface area contributed by atoms with Gasteiger partial charge in [-0.05, 0) is 19.3 Å². The van der Waals surface area contributed by atoms with Gasteiger partial charge in [0.15, 0.2) is 5.78 Å². The molecule has 1 saturated carbocycles. The fourth-order valence-corrected chi connectivity index (χ4v) is 2.02. The second-order valence-corrected chi connectivity index (χ2v) is 4.20. The van der Waals surface area contributed by atoms with E-state index in [1.54, 1.807) is 0 Å². The van der Waals surface area contributed by atoms with Crippen LogP contribution in [0.1, 0.15) is 38.5 Å². The minimum atomic E-state index is -0.0724. The van der Waals surface area contributed by atoms with E-state index in [0.29, 0.717) is 18.6 Å². The van der Waals surface area contributed by atoms with Crippen molar-refractivity contribution in [1.82, 2.24) is 5.01 Å². The summed E-state index contributed by atoms with van der Waals surface area (Å²) >= 11 is 0. The van der Waals surface area contributed by atoms with Crippen molar-refractivity contribution in [3.05, 3.63) is 0 Å². The van der Waals surface area contributed by atoms with E-state index in [9.17, 15) is 9.59 Å². The van der Waals surface area contributed by atoms with Gasteiger partial charge in [-0.3, -0.25) is 14.6 Å². The number of carbonyl (C=O) groups is 2. The molecule has 4 nitrogen and oxygen atoms in total. The molecule has 0 spiro atoms. The van der Waals surface area contributed by atoms with Gasteiger partial charge in [0.2, 0.25) is 0 Å². The minimum absolute atomic E-state index is 0.0533. The monoisotopic (exact) mass is 208 g/mol. The van der Waals surface area contributed by atoms with Gasteiger partial charge in [-0.1, -0.05) is 0 Å². The second-order valence-electron chi connectivity index (χ2n) is 4.20. The van der Waals surface area contributed by atoms with Gasteiger partial charge in [0.1, 0.15) is 11.5 Å². The Morgan fingerprint density at radius 1 is 1.00 bits per heavy atom. The smallest absolute Gasteiger partial charge is 0.186 e. The average Bonchev–Trinajstić information content (AvgIpc) is 2.24. The molecule has 2 fully saturated rings. The van der Waals surface area contributed by atoms with Crippen LogP contribution < -0.4 is 0 Å². The van der Waals surface area contributed by atoms with Crippen molar-refractivity contribution >= 4 is 17.3 Å². The third-order valence-electron chi connectivity index (χ3n) is 2.91. The molecule has 0 aromatic carbocycles. The van der Waals surface area contributed by atoms with Gasteiger partial charge in [0.25, 0.3) is 0 Å². The number of nitrogens with zero attached hydrogens (tertiary/aromatic N) is 2. The lowest BCUT2D eigenvalue weighted by molar-refractivity contribution is -0.125. The van der Waals surface area contributed by atoms with Gasteiger partial charge >= 0.3 is 0 Å². The maximum absolute atomic E-state index is 11.5. The summed E-state index contributed by atoms with van der Waals surface area (Å²) in [5.74, 6) is -0.0191. The van der Waals surface area contributed by atoms with E-state index in [1.807, 2.05) is 5.01 Å². The van der Waals surface area contributed by atoms with Crippen molar-refractivity contribution in [2.45, 2.75) is 38.5 Å². The predicted octanol–water partition coefficient (Wildman–Crippen LogP) is 1.15. The van der Waals surface area contributed by atoms with Crippen molar-refractivity contribution in [1.29, 1.82) is 0 Å². The van der Waals surface area contributed by atoms with E-state index >= 15 is 0 Å². The minimum Gasteiger partial charge on any atom is -0.299 e. The molecule has 0 unspecified atom stereocenters. The summed E-state index contributed by atoms with van der Waals surface area (Å²) in [4.78, 5) is 22.5. The fraction of sp³-hybridized carbons (Fsp3) is 0.727. The first-order valence-corrected chi connectivity index (χ1v) is 5.63. The summed E-state index contributed by atoms with van der Waals surface area (Å²) in [6, 6.07) is 0. The molecule has 0 bridgehead atoms. The first-order chi connectivity index (χ1) is 7.25. The van der Waals surface area contributed by atoms with Crippen molar-refractivity contribution in [2.75, 3.05) is 13.1 Å². The summed E-state index contributed by atoms with van der Waals surface area (Å²) in [6.45, 7) is 1.90. The van der Waals surface area contributed by atoms with Gasteiger partial charge in [-0.2, -0.15) is 5.10 Å². The lowest BCUT2D eigenvalue weighted by atomic mass is 9.96. The molecular weight excluding hydrogens is 192 g/mol. The highest BCUT2D eigenvalue weighted by Crippen LogP contribution is 2.13. The molecule has 0 aromatic heterocycles. The fourth-order valence-electron chi connectivity index (χ4n) is 2.02. The number of hydrogen-bond donors (Lipinski definition) is 0. The SMILES string of the molecule is O=C1CCC(=NN2CCCCC2)C(=O)C1. The number of hydrogen-bond acceptors (Lipinski definition) is 4. The largest absolute Gasteiger partial charge is 0.299 e. The highest BCUT2D eigenvalue weighted by Gasteiger charge is 2.23. The number of rotatable bonds is 1. The molecule has 0 amide bonds. The Hall–Kier alpha value is -1.19. The molecule has 1 saturated heterocycles. The standard InChI is InChI=1S/C11H16N2O2/c14-9-4-5-10(11(15)8-9)12-13-6-2-1-3-7-13/h1-8H2. The van der Waals surface area contributed by atoms with E-state index in [2.05, 4.69) is 5.10 Å². The molecule has 1 heterocycles. The first-order valence-electron chi connectivity index (χ1n) is 5.63. The molecule has 4 heteroatoms. The number of hydrazone groups is 1. The summed E-state index contributed by atoms with van der Waals surface area (Å²) in [5.41, 5.74) is 0.608. The third kappa shape index (κ3) is 2.64. The zero-order valence-corrected chi connectivity index (χ0v) is 8.87. The molecule has 2 rings (SSSR count). The van der Waals surface area contributed by atoms with Crippen LogP contribution in [-0.2, 0) is 9.59 Å². The Bertz CT molecular complexity index is 304. The van der Waals surface area contributed by atoms with Crippen molar-refractivity contribution in [2.24, 2.45) is 5.10 Å². The molecule has 15 heavy (non-hydrogen) atoms. The van der Waals surface area contributed by atoms with Gasteiger partial charge < -0.3 is 0 Å². The van der Waals surface area contributed by atoms with Crippen molar-refractivity contribution < 1.29 is 9.59 Å². The van der Waals surface area contributed by atoms with Gasteiger partial charge in [-0.25, -0.2) is 0 Å². The molecule has 2 aliphatic rings. The lowest BCUT2D eigenvalue weighted by Gasteiger charge is -2.25. The molecular formula is C11H16N2O2. The maximum Gasteiger partial charge on any atom is 0.186 e. The van der Waals surface area contributed by atoms with Crippen LogP contribution in [0.3, 0.4) is 0 Å². The Balaban J connectivity index is 1.99. The van der Waals surface area contributed by atoms with E-state index < -0.39 is 0 Å². The highest BCUT2D eigenvalue weighted by atomic mass is 16.1. The number of ketones is 2. The zero-order valence-electron chi connectivity index (χ0n) is 8.87. The lowest BCUT2D eigenvalue weighted by Crippen LogP contribution is -2.31. The van der Waals surface area contributed by atoms with E-state index in [4.69, 9.17) is 0 Å². The molecule has 82 valence electrons. The zero-order chi connectivity index (χ0) is 10.7. The Morgan fingerprint density at radius 2 is 1.73 bits per heavy atom. The van der Waals surface area contributed by atoms with Crippen LogP contribution >= 0.6 is 0 Å². The molecule has 1 aliphatic carbocycles. The predicted molar refractivity (Wildman–Crippen MR) is 56.7 cm³/mol.